The minimum absolute atomic E-state index is 0.432. The Kier molecular flexibility index (Phi) is 4.25. The standard InChI is InChI=1S/C18H15N3O3/c1-24-14-8-4-3-7-12(14)15-13(11-19)17(22)20-18(23)16(15)21-9-5-2-6-10-21/h2-10,13,15-16H,1H3/p+1/t13-,15+,16-/m1/s1. The molecule has 0 bridgehead atoms. The van der Waals surface area contributed by atoms with Crippen molar-refractivity contribution in [3.05, 3.63) is 60.4 Å². The van der Waals surface area contributed by atoms with Gasteiger partial charge in [0.1, 0.15) is 11.7 Å². The minimum atomic E-state index is -0.989. The number of benzene rings is 1. The first-order valence-corrected chi connectivity index (χ1v) is 7.50. The van der Waals surface area contributed by atoms with Crippen molar-refractivity contribution in [2.45, 2.75) is 12.0 Å². The first kappa shape index (κ1) is 15.7. The zero-order chi connectivity index (χ0) is 17.1. The molecule has 2 heterocycles. The van der Waals surface area contributed by atoms with Crippen LogP contribution < -0.4 is 14.6 Å². The average molecular weight is 322 g/mol. The summed E-state index contributed by atoms with van der Waals surface area (Å²) in [5.41, 5.74) is 0.663. The second-order valence-corrected chi connectivity index (χ2v) is 5.50. The zero-order valence-electron chi connectivity index (χ0n) is 13.0. The zero-order valence-corrected chi connectivity index (χ0v) is 13.0. The van der Waals surface area contributed by atoms with Gasteiger partial charge in [-0.25, -0.2) is 0 Å². The van der Waals surface area contributed by atoms with Crippen molar-refractivity contribution in [2.75, 3.05) is 7.11 Å². The maximum absolute atomic E-state index is 12.5. The van der Waals surface area contributed by atoms with Gasteiger partial charge < -0.3 is 4.74 Å². The smallest absolute Gasteiger partial charge is 0.296 e. The fourth-order valence-electron chi connectivity index (χ4n) is 3.13. The average Bonchev–Trinajstić information content (AvgIpc) is 2.62. The number of para-hydroxylation sites is 1. The molecule has 6 nitrogen and oxygen atoms in total. The number of carbonyl (C=O) groups is 2. The van der Waals surface area contributed by atoms with E-state index in [1.165, 1.54) is 7.11 Å². The molecule has 1 fully saturated rings. The SMILES string of the molecule is COc1ccccc1[C@H]1[C@@H](C#N)C(=O)NC(=O)[C@@H]1[n+]1ccccc1. The molecule has 2 aromatic rings. The number of ether oxygens (including phenoxy) is 1. The van der Waals surface area contributed by atoms with E-state index in [1.54, 1.807) is 53.4 Å². The molecule has 1 saturated heterocycles. The molecule has 3 atom stereocenters. The number of nitriles is 1. The number of rotatable bonds is 3. The first-order chi connectivity index (χ1) is 11.7. The third-order valence-electron chi connectivity index (χ3n) is 4.19. The molecule has 0 saturated carbocycles. The summed E-state index contributed by atoms with van der Waals surface area (Å²) in [5, 5.41) is 11.8. The predicted molar refractivity (Wildman–Crippen MR) is 83.7 cm³/mol. The van der Waals surface area contributed by atoms with Crippen LogP contribution in [0.2, 0.25) is 0 Å². The maximum Gasteiger partial charge on any atom is 0.296 e. The molecule has 1 aromatic heterocycles. The van der Waals surface area contributed by atoms with Gasteiger partial charge in [-0.2, -0.15) is 9.83 Å². The summed E-state index contributed by atoms with van der Waals surface area (Å²) in [6.07, 6.45) is 3.49. The molecule has 1 aromatic carbocycles. The number of pyridine rings is 1. The van der Waals surface area contributed by atoms with Crippen molar-refractivity contribution in [1.29, 1.82) is 5.26 Å². The van der Waals surface area contributed by atoms with Gasteiger partial charge in [0, 0.05) is 17.7 Å². The van der Waals surface area contributed by atoms with Crippen LogP contribution in [0.15, 0.2) is 54.9 Å². The van der Waals surface area contributed by atoms with Crippen LogP contribution in [-0.4, -0.2) is 18.9 Å². The van der Waals surface area contributed by atoms with Gasteiger partial charge in [-0.05, 0) is 6.07 Å². The van der Waals surface area contributed by atoms with Gasteiger partial charge in [0.15, 0.2) is 12.4 Å². The summed E-state index contributed by atoms with van der Waals surface area (Å²) < 4.78 is 7.10. The lowest BCUT2D eigenvalue weighted by atomic mass is 9.77. The Hall–Kier alpha value is -3.20. The van der Waals surface area contributed by atoms with Crippen LogP contribution in [0.4, 0.5) is 0 Å². The molecule has 0 radical (unpaired) electrons. The molecule has 1 aliphatic heterocycles. The molecular formula is C18H16N3O3+. The maximum atomic E-state index is 12.5. The van der Waals surface area contributed by atoms with E-state index >= 15 is 0 Å². The molecule has 3 rings (SSSR count). The van der Waals surface area contributed by atoms with Gasteiger partial charge in [0.05, 0.1) is 19.1 Å². The fourth-order valence-corrected chi connectivity index (χ4v) is 3.13. The van der Waals surface area contributed by atoms with E-state index in [0.717, 1.165) is 0 Å². The molecule has 120 valence electrons. The summed E-state index contributed by atoms with van der Waals surface area (Å²) in [6.45, 7) is 0. The number of amides is 2. The molecule has 6 heteroatoms. The van der Waals surface area contributed by atoms with E-state index in [9.17, 15) is 14.9 Å². The number of carbonyl (C=O) groups excluding carboxylic acids is 2. The van der Waals surface area contributed by atoms with Crippen molar-refractivity contribution in [3.63, 3.8) is 0 Å². The summed E-state index contributed by atoms with van der Waals surface area (Å²) in [7, 11) is 1.52. The van der Waals surface area contributed by atoms with Crippen molar-refractivity contribution < 1.29 is 18.9 Å². The molecule has 2 amide bonds. The molecule has 1 aliphatic rings. The first-order valence-electron chi connectivity index (χ1n) is 7.50. The number of methoxy groups -OCH3 is 1. The Labute approximate surface area is 139 Å². The summed E-state index contributed by atoms with van der Waals surface area (Å²) in [4.78, 5) is 24.7. The molecule has 0 spiro atoms. The Morgan fingerprint density at radius 3 is 2.46 bits per heavy atom. The van der Waals surface area contributed by atoms with Crippen LogP contribution in [0.5, 0.6) is 5.75 Å². The summed E-state index contributed by atoms with van der Waals surface area (Å²) in [6, 6.07) is 13.9. The van der Waals surface area contributed by atoms with Crippen molar-refractivity contribution in [1.82, 2.24) is 5.32 Å². The third kappa shape index (κ3) is 2.61. The quantitative estimate of drug-likeness (QED) is 0.678. The van der Waals surface area contributed by atoms with E-state index < -0.39 is 29.7 Å². The largest absolute Gasteiger partial charge is 0.496 e. The number of hydrogen-bond donors (Lipinski definition) is 1. The lowest BCUT2D eigenvalue weighted by Crippen LogP contribution is -2.59. The molecule has 0 aliphatic carbocycles. The number of imide groups is 1. The van der Waals surface area contributed by atoms with E-state index in [1.807, 2.05) is 12.1 Å². The monoisotopic (exact) mass is 322 g/mol. The summed E-state index contributed by atoms with van der Waals surface area (Å²) in [5.74, 6) is -2.09. The normalized spacial score (nSPS) is 23.2. The van der Waals surface area contributed by atoms with E-state index in [-0.39, 0.29) is 0 Å². The lowest BCUT2D eigenvalue weighted by Gasteiger charge is -2.30. The van der Waals surface area contributed by atoms with Gasteiger partial charge >= 0.3 is 0 Å². The second kappa shape index (κ2) is 6.50. The Morgan fingerprint density at radius 2 is 1.79 bits per heavy atom. The summed E-state index contributed by atoms with van der Waals surface area (Å²) >= 11 is 0. The lowest BCUT2D eigenvalue weighted by molar-refractivity contribution is -0.713. The van der Waals surface area contributed by atoms with Gasteiger partial charge in [0.25, 0.3) is 5.91 Å². The third-order valence-corrected chi connectivity index (χ3v) is 4.19. The predicted octanol–water partition coefficient (Wildman–Crippen LogP) is 1.10. The highest BCUT2D eigenvalue weighted by Crippen LogP contribution is 2.40. The highest BCUT2D eigenvalue weighted by Gasteiger charge is 2.51. The fraction of sp³-hybridized carbons (Fsp3) is 0.222. The second-order valence-electron chi connectivity index (χ2n) is 5.50. The molecule has 24 heavy (non-hydrogen) atoms. The minimum Gasteiger partial charge on any atom is -0.496 e. The van der Waals surface area contributed by atoms with Crippen molar-refractivity contribution in [2.24, 2.45) is 5.92 Å². The van der Waals surface area contributed by atoms with Gasteiger partial charge in [-0.3, -0.25) is 14.9 Å². The Balaban J connectivity index is 2.19. The number of hydrogen-bond acceptors (Lipinski definition) is 4. The van der Waals surface area contributed by atoms with Crippen LogP contribution >= 0.6 is 0 Å². The number of nitrogens with one attached hydrogen (secondary N) is 1. The van der Waals surface area contributed by atoms with Crippen LogP contribution in [0.3, 0.4) is 0 Å². The van der Waals surface area contributed by atoms with Gasteiger partial charge in [-0.1, -0.05) is 24.3 Å². The number of aromatic nitrogens is 1. The van der Waals surface area contributed by atoms with Crippen LogP contribution in [-0.2, 0) is 9.59 Å². The van der Waals surface area contributed by atoms with E-state index in [2.05, 4.69) is 5.32 Å². The van der Waals surface area contributed by atoms with Crippen LogP contribution in [0.25, 0.3) is 0 Å². The highest BCUT2D eigenvalue weighted by molar-refractivity contribution is 6.02. The van der Waals surface area contributed by atoms with Gasteiger partial charge in [-0.15, -0.1) is 0 Å². The Morgan fingerprint density at radius 1 is 1.08 bits per heavy atom. The van der Waals surface area contributed by atoms with Crippen LogP contribution in [0, 0.1) is 17.2 Å². The van der Waals surface area contributed by atoms with Crippen LogP contribution in [0.1, 0.15) is 17.5 Å². The van der Waals surface area contributed by atoms with Crippen molar-refractivity contribution >= 4 is 11.8 Å². The Bertz CT molecular complexity index is 814. The van der Waals surface area contributed by atoms with E-state index in [0.29, 0.717) is 11.3 Å². The molecule has 1 N–H and O–H groups in total. The van der Waals surface area contributed by atoms with Crippen molar-refractivity contribution in [3.8, 4) is 11.8 Å². The number of nitrogens with zero attached hydrogens (tertiary/aromatic N) is 2. The number of piperidine rings is 1. The van der Waals surface area contributed by atoms with E-state index in [4.69, 9.17) is 4.74 Å². The molecular weight excluding hydrogens is 306 g/mol. The topological polar surface area (TPSA) is 83.1 Å². The highest BCUT2D eigenvalue weighted by atomic mass is 16.5. The van der Waals surface area contributed by atoms with Gasteiger partial charge in [0.2, 0.25) is 11.9 Å². The molecule has 0 unspecified atom stereocenters.